The smallest absolute Gasteiger partial charge is 0.129 e. The predicted molar refractivity (Wildman–Crippen MR) is 75.6 cm³/mol. The first kappa shape index (κ1) is 11.7. The Labute approximate surface area is 112 Å². The van der Waals surface area contributed by atoms with Crippen molar-refractivity contribution in [2.75, 3.05) is 13.1 Å². The molecule has 1 aromatic heterocycles. The number of hydrogen-bond acceptors (Lipinski definition) is 3. The molecular formula is C15H16N4. The maximum atomic E-state index is 7.88. The molecule has 2 N–H and O–H groups in total. The lowest BCUT2D eigenvalue weighted by atomic mass is 10.1. The van der Waals surface area contributed by atoms with E-state index in [1.165, 1.54) is 0 Å². The van der Waals surface area contributed by atoms with Gasteiger partial charge in [0, 0.05) is 30.5 Å². The van der Waals surface area contributed by atoms with Crippen LogP contribution in [0.3, 0.4) is 0 Å². The van der Waals surface area contributed by atoms with Gasteiger partial charge in [0.15, 0.2) is 0 Å². The summed E-state index contributed by atoms with van der Waals surface area (Å²) >= 11 is 0. The molecule has 19 heavy (non-hydrogen) atoms. The van der Waals surface area contributed by atoms with Gasteiger partial charge in [-0.05, 0) is 42.8 Å². The van der Waals surface area contributed by atoms with Crippen molar-refractivity contribution < 1.29 is 0 Å². The molecule has 0 bridgehead atoms. The monoisotopic (exact) mass is 252 g/mol. The van der Waals surface area contributed by atoms with Gasteiger partial charge in [0.1, 0.15) is 11.3 Å². The zero-order valence-electron chi connectivity index (χ0n) is 10.6. The summed E-state index contributed by atoms with van der Waals surface area (Å²) in [6.07, 6.45) is 3.00. The van der Waals surface area contributed by atoms with Crippen LogP contribution in [0.25, 0.3) is 5.69 Å². The van der Waals surface area contributed by atoms with Crippen molar-refractivity contribution in [3.05, 3.63) is 59.7 Å². The first-order chi connectivity index (χ1) is 9.34. The quantitative estimate of drug-likeness (QED) is 0.839. The summed E-state index contributed by atoms with van der Waals surface area (Å²) in [6, 6.07) is 13.7. The molecule has 0 aliphatic carbocycles. The minimum absolute atomic E-state index is 0.475. The molecular weight excluding hydrogens is 236 g/mol. The van der Waals surface area contributed by atoms with E-state index in [1.54, 1.807) is 6.07 Å². The van der Waals surface area contributed by atoms with E-state index in [9.17, 15) is 0 Å². The molecule has 0 atom stereocenters. The molecule has 3 rings (SSSR count). The molecule has 96 valence electrons. The van der Waals surface area contributed by atoms with E-state index in [-0.39, 0.29) is 0 Å². The molecule has 2 aromatic rings. The number of amidine groups is 1. The van der Waals surface area contributed by atoms with Crippen molar-refractivity contribution in [2.45, 2.75) is 6.42 Å². The van der Waals surface area contributed by atoms with Crippen LogP contribution in [-0.2, 0) is 0 Å². The van der Waals surface area contributed by atoms with Crippen LogP contribution in [0.1, 0.15) is 12.0 Å². The summed E-state index contributed by atoms with van der Waals surface area (Å²) in [5.41, 5.74) is 2.57. The van der Waals surface area contributed by atoms with E-state index in [4.69, 9.17) is 5.41 Å². The fraction of sp³-hybridized carbons (Fsp3) is 0.200. The molecule has 1 aliphatic rings. The number of rotatable bonds is 2. The number of pyridine rings is 1. The lowest BCUT2D eigenvalue weighted by molar-refractivity contribution is 0.742. The van der Waals surface area contributed by atoms with Gasteiger partial charge in [-0.2, -0.15) is 0 Å². The number of aromatic nitrogens is 1. The molecule has 0 radical (unpaired) electrons. The van der Waals surface area contributed by atoms with Gasteiger partial charge in [-0.3, -0.25) is 10.4 Å². The first-order valence-corrected chi connectivity index (χ1v) is 6.46. The Morgan fingerprint density at radius 1 is 1.11 bits per heavy atom. The van der Waals surface area contributed by atoms with E-state index in [2.05, 4.69) is 10.3 Å². The third kappa shape index (κ3) is 2.42. The molecule has 4 nitrogen and oxygen atoms in total. The molecule has 0 saturated heterocycles. The van der Waals surface area contributed by atoms with Gasteiger partial charge in [-0.25, -0.2) is 0 Å². The topological polar surface area (TPSA) is 53.2 Å². The zero-order valence-corrected chi connectivity index (χ0v) is 10.6. The maximum Gasteiger partial charge on any atom is 0.129 e. The van der Waals surface area contributed by atoms with Gasteiger partial charge < -0.3 is 9.88 Å². The van der Waals surface area contributed by atoms with E-state index in [0.29, 0.717) is 5.49 Å². The highest BCUT2D eigenvalue weighted by atomic mass is 15.0. The Bertz CT molecular complexity index is 652. The van der Waals surface area contributed by atoms with Crippen LogP contribution in [-0.4, -0.2) is 23.5 Å². The summed E-state index contributed by atoms with van der Waals surface area (Å²) < 4.78 is 1.85. The molecule has 1 aliphatic heterocycles. The van der Waals surface area contributed by atoms with Crippen LogP contribution in [0.5, 0.6) is 0 Å². The van der Waals surface area contributed by atoms with Crippen LogP contribution in [0.4, 0.5) is 0 Å². The standard InChI is InChI=1S/C15H16N4/c16-14-4-1-2-11-19(14)13-7-5-12(6-8-13)15-17-9-3-10-18-15/h1-2,4-8,11,16H,3,9-10H2,(H,17,18). The number of nitrogens with zero attached hydrogens (tertiary/aromatic N) is 2. The SMILES string of the molecule is N=c1ccccn1-c1ccc(C2=NCCCN2)cc1. The lowest BCUT2D eigenvalue weighted by Gasteiger charge is -2.15. The molecule has 2 heterocycles. The normalized spacial score (nSPS) is 14.6. The van der Waals surface area contributed by atoms with Crippen LogP contribution >= 0.6 is 0 Å². The second-order valence-corrected chi connectivity index (χ2v) is 4.51. The van der Waals surface area contributed by atoms with E-state index in [1.807, 2.05) is 47.2 Å². The zero-order chi connectivity index (χ0) is 13.1. The van der Waals surface area contributed by atoms with Gasteiger partial charge in [0.25, 0.3) is 0 Å². The Morgan fingerprint density at radius 3 is 2.63 bits per heavy atom. The number of nitrogens with one attached hydrogen (secondary N) is 2. The molecule has 0 fully saturated rings. The highest BCUT2D eigenvalue weighted by molar-refractivity contribution is 5.99. The van der Waals surface area contributed by atoms with Crippen molar-refractivity contribution in [2.24, 2.45) is 4.99 Å². The Kier molecular flexibility index (Phi) is 3.14. The minimum atomic E-state index is 0.475. The summed E-state index contributed by atoms with van der Waals surface area (Å²) in [6.45, 7) is 1.89. The van der Waals surface area contributed by atoms with Crippen LogP contribution in [0.2, 0.25) is 0 Å². The predicted octanol–water partition coefficient (Wildman–Crippen LogP) is 1.70. The second-order valence-electron chi connectivity index (χ2n) is 4.51. The minimum Gasteiger partial charge on any atom is -0.370 e. The molecule has 4 heteroatoms. The highest BCUT2D eigenvalue weighted by Crippen LogP contribution is 2.09. The van der Waals surface area contributed by atoms with E-state index in [0.717, 1.165) is 36.6 Å². The molecule has 1 aromatic carbocycles. The average molecular weight is 252 g/mol. The van der Waals surface area contributed by atoms with E-state index >= 15 is 0 Å². The molecule has 0 spiro atoms. The largest absolute Gasteiger partial charge is 0.370 e. The Morgan fingerprint density at radius 2 is 1.95 bits per heavy atom. The van der Waals surface area contributed by atoms with Gasteiger partial charge >= 0.3 is 0 Å². The lowest BCUT2D eigenvalue weighted by Crippen LogP contribution is -2.30. The Hall–Kier alpha value is -2.36. The fourth-order valence-electron chi connectivity index (χ4n) is 2.17. The van der Waals surface area contributed by atoms with Crippen LogP contribution in [0.15, 0.2) is 53.7 Å². The van der Waals surface area contributed by atoms with Crippen molar-refractivity contribution >= 4 is 5.84 Å². The first-order valence-electron chi connectivity index (χ1n) is 6.46. The number of aliphatic imine (C=N–C) groups is 1. The van der Waals surface area contributed by atoms with Crippen molar-refractivity contribution in [1.29, 1.82) is 5.41 Å². The van der Waals surface area contributed by atoms with Crippen molar-refractivity contribution in [3.63, 3.8) is 0 Å². The fourth-order valence-corrected chi connectivity index (χ4v) is 2.17. The van der Waals surface area contributed by atoms with Crippen molar-refractivity contribution in [1.82, 2.24) is 9.88 Å². The summed E-state index contributed by atoms with van der Waals surface area (Å²) in [7, 11) is 0. The highest BCUT2D eigenvalue weighted by Gasteiger charge is 2.06. The molecule has 0 unspecified atom stereocenters. The van der Waals surface area contributed by atoms with Crippen molar-refractivity contribution in [3.8, 4) is 5.69 Å². The van der Waals surface area contributed by atoms with E-state index < -0.39 is 0 Å². The number of hydrogen-bond donors (Lipinski definition) is 2. The molecule has 0 amide bonds. The molecule has 0 saturated carbocycles. The second kappa shape index (κ2) is 5.10. The average Bonchev–Trinajstić information content (AvgIpc) is 2.49. The summed E-state index contributed by atoms with van der Waals surface area (Å²) in [5.74, 6) is 0.974. The Balaban J connectivity index is 1.93. The van der Waals surface area contributed by atoms with Gasteiger partial charge in [-0.1, -0.05) is 6.07 Å². The third-order valence-corrected chi connectivity index (χ3v) is 3.18. The van der Waals surface area contributed by atoms with Crippen LogP contribution < -0.4 is 10.8 Å². The van der Waals surface area contributed by atoms with Crippen LogP contribution in [0, 0.1) is 5.41 Å². The maximum absolute atomic E-state index is 7.88. The summed E-state index contributed by atoms with van der Waals surface area (Å²) in [4.78, 5) is 4.48. The van der Waals surface area contributed by atoms with Gasteiger partial charge in [0.2, 0.25) is 0 Å². The summed E-state index contributed by atoms with van der Waals surface area (Å²) in [5, 5.41) is 11.2. The number of benzene rings is 1. The third-order valence-electron chi connectivity index (χ3n) is 3.18. The van der Waals surface area contributed by atoms with Gasteiger partial charge in [0.05, 0.1) is 0 Å². The van der Waals surface area contributed by atoms with Gasteiger partial charge in [-0.15, -0.1) is 0 Å².